The summed E-state index contributed by atoms with van der Waals surface area (Å²) in [6.07, 6.45) is 8.12. The molecule has 0 aliphatic carbocycles. The number of aromatic nitrogens is 3. The quantitative estimate of drug-likeness (QED) is 0.783. The van der Waals surface area contributed by atoms with E-state index in [-0.39, 0.29) is 0 Å². The zero-order chi connectivity index (χ0) is 10.7. The maximum atomic E-state index is 5.77. The van der Waals surface area contributed by atoms with Crippen molar-refractivity contribution in [3.05, 3.63) is 24.2 Å². The third-order valence-corrected chi connectivity index (χ3v) is 2.32. The van der Waals surface area contributed by atoms with Crippen LogP contribution in [0.25, 0.3) is 17.1 Å². The summed E-state index contributed by atoms with van der Waals surface area (Å²) in [5.74, 6) is 1.11. The molecule has 0 unspecified atom stereocenters. The number of nitrogen functional groups attached to an aromatic ring is 1. The van der Waals surface area contributed by atoms with Gasteiger partial charge in [-0.15, -0.1) is 11.6 Å². The third kappa shape index (κ3) is 1.94. The Morgan fingerprint density at radius 3 is 3.13 bits per heavy atom. The number of nitrogens with one attached hydrogen (secondary N) is 1. The van der Waals surface area contributed by atoms with Gasteiger partial charge in [-0.25, -0.2) is 9.97 Å². The molecule has 0 aromatic carbocycles. The first-order valence-electron chi connectivity index (χ1n) is 4.63. The number of H-pyrrole nitrogens is 1. The van der Waals surface area contributed by atoms with Crippen molar-refractivity contribution in [3.8, 4) is 0 Å². The molecule has 2 rings (SSSR count). The smallest absolute Gasteiger partial charge is 0.143 e. The number of allylic oxidation sites excluding steroid dienone is 1. The molecule has 2 heterocycles. The lowest BCUT2D eigenvalue weighted by Gasteiger charge is -1.95. The SMILES string of the molecule is Nc1ncnc2[nH]cc(C=CCCCl)c12. The van der Waals surface area contributed by atoms with E-state index in [0.29, 0.717) is 11.7 Å². The lowest BCUT2D eigenvalue weighted by atomic mass is 10.2. The van der Waals surface area contributed by atoms with Crippen molar-refractivity contribution in [2.75, 3.05) is 11.6 Å². The van der Waals surface area contributed by atoms with Crippen LogP contribution in [0.15, 0.2) is 18.6 Å². The van der Waals surface area contributed by atoms with E-state index in [4.69, 9.17) is 17.3 Å². The minimum Gasteiger partial charge on any atom is -0.383 e. The number of hydrogen-bond acceptors (Lipinski definition) is 3. The van der Waals surface area contributed by atoms with Crippen molar-refractivity contribution in [2.45, 2.75) is 6.42 Å². The number of fused-ring (bicyclic) bond motifs is 1. The second kappa shape index (κ2) is 4.31. The molecule has 5 heteroatoms. The first kappa shape index (κ1) is 9.98. The van der Waals surface area contributed by atoms with Gasteiger partial charge in [0.05, 0.1) is 5.39 Å². The van der Waals surface area contributed by atoms with Crippen molar-refractivity contribution in [1.82, 2.24) is 15.0 Å². The van der Waals surface area contributed by atoms with Gasteiger partial charge in [-0.2, -0.15) is 0 Å². The molecule has 0 fully saturated rings. The Kier molecular flexibility index (Phi) is 2.87. The molecule has 0 atom stereocenters. The van der Waals surface area contributed by atoms with Crippen LogP contribution >= 0.6 is 11.6 Å². The van der Waals surface area contributed by atoms with Crippen LogP contribution in [0.3, 0.4) is 0 Å². The van der Waals surface area contributed by atoms with Crippen molar-refractivity contribution >= 4 is 34.5 Å². The van der Waals surface area contributed by atoms with E-state index in [2.05, 4.69) is 15.0 Å². The Hall–Kier alpha value is -1.55. The van der Waals surface area contributed by atoms with Gasteiger partial charge in [-0.1, -0.05) is 12.2 Å². The van der Waals surface area contributed by atoms with E-state index in [1.165, 1.54) is 6.33 Å². The zero-order valence-corrected chi connectivity index (χ0v) is 8.83. The molecule has 2 aromatic heterocycles. The highest BCUT2D eigenvalue weighted by Gasteiger charge is 2.05. The standard InChI is InChI=1S/C10H11ClN4/c11-4-2-1-3-7-5-13-10-8(7)9(12)14-6-15-10/h1,3,5-6H,2,4H2,(H3,12,13,14,15). The van der Waals surface area contributed by atoms with Gasteiger partial charge in [0, 0.05) is 17.6 Å². The topological polar surface area (TPSA) is 67.6 Å². The molecule has 0 bridgehead atoms. The average Bonchev–Trinajstić information content (AvgIpc) is 2.63. The van der Waals surface area contributed by atoms with Gasteiger partial charge >= 0.3 is 0 Å². The highest BCUT2D eigenvalue weighted by atomic mass is 35.5. The average molecular weight is 223 g/mol. The summed E-state index contributed by atoms with van der Waals surface area (Å²) in [4.78, 5) is 11.1. The van der Waals surface area contributed by atoms with E-state index in [9.17, 15) is 0 Å². The molecule has 0 aliphatic rings. The minimum absolute atomic E-state index is 0.492. The van der Waals surface area contributed by atoms with E-state index < -0.39 is 0 Å². The number of nitrogens with zero attached hydrogens (tertiary/aromatic N) is 2. The lowest BCUT2D eigenvalue weighted by molar-refractivity contribution is 1.21. The maximum Gasteiger partial charge on any atom is 0.143 e. The molecule has 0 aliphatic heterocycles. The molecular formula is C10H11ClN4. The van der Waals surface area contributed by atoms with Crippen molar-refractivity contribution in [3.63, 3.8) is 0 Å². The lowest BCUT2D eigenvalue weighted by Crippen LogP contribution is -1.92. The summed E-state index contributed by atoms with van der Waals surface area (Å²) in [7, 11) is 0. The van der Waals surface area contributed by atoms with Gasteiger partial charge in [0.25, 0.3) is 0 Å². The Balaban J connectivity index is 2.44. The molecule has 4 nitrogen and oxygen atoms in total. The number of anilines is 1. The van der Waals surface area contributed by atoms with Crippen LogP contribution < -0.4 is 5.73 Å². The van der Waals surface area contributed by atoms with Gasteiger partial charge in [0.2, 0.25) is 0 Å². The van der Waals surface area contributed by atoms with Crippen LogP contribution in [0.4, 0.5) is 5.82 Å². The number of rotatable bonds is 3. The maximum absolute atomic E-state index is 5.77. The van der Waals surface area contributed by atoms with Crippen molar-refractivity contribution in [1.29, 1.82) is 0 Å². The van der Waals surface area contributed by atoms with Crippen LogP contribution in [0.5, 0.6) is 0 Å². The summed E-state index contributed by atoms with van der Waals surface area (Å²) >= 11 is 5.58. The van der Waals surface area contributed by atoms with Crippen LogP contribution in [0.2, 0.25) is 0 Å². The highest BCUT2D eigenvalue weighted by Crippen LogP contribution is 2.21. The first-order chi connectivity index (χ1) is 7.33. The first-order valence-corrected chi connectivity index (χ1v) is 5.16. The van der Waals surface area contributed by atoms with Gasteiger partial charge in [-0.3, -0.25) is 0 Å². The molecule has 0 amide bonds. The van der Waals surface area contributed by atoms with E-state index in [0.717, 1.165) is 23.0 Å². The molecule has 0 saturated heterocycles. The van der Waals surface area contributed by atoms with Gasteiger partial charge in [0.1, 0.15) is 17.8 Å². The van der Waals surface area contributed by atoms with Crippen molar-refractivity contribution < 1.29 is 0 Å². The summed E-state index contributed by atoms with van der Waals surface area (Å²) in [5, 5.41) is 0.864. The number of aromatic amines is 1. The molecule has 3 N–H and O–H groups in total. The molecule has 0 spiro atoms. The Morgan fingerprint density at radius 1 is 1.47 bits per heavy atom. The molecule has 0 saturated carbocycles. The van der Waals surface area contributed by atoms with E-state index in [1.54, 1.807) is 0 Å². The fourth-order valence-electron chi connectivity index (χ4n) is 1.42. The van der Waals surface area contributed by atoms with E-state index >= 15 is 0 Å². The van der Waals surface area contributed by atoms with Crippen LogP contribution in [-0.2, 0) is 0 Å². The van der Waals surface area contributed by atoms with Crippen LogP contribution in [0, 0.1) is 0 Å². The molecular weight excluding hydrogens is 212 g/mol. The third-order valence-electron chi connectivity index (χ3n) is 2.10. The molecule has 0 radical (unpaired) electrons. The summed E-state index contributed by atoms with van der Waals surface area (Å²) in [6, 6.07) is 0. The Bertz CT molecular complexity index is 489. The number of hydrogen-bond donors (Lipinski definition) is 2. The summed E-state index contributed by atoms with van der Waals surface area (Å²) < 4.78 is 0. The molecule has 78 valence electrons. The molecule has 2 aromatic rings. The summed E-state index contributed by atoms with van der Waals surface area (Å²) in [6.45, 7) is 0. The monoisotopic (exact) mass is 222 g/mol. The molecule has 15 heavy (non-hydrogen) atoms. The Labute approximate surface area is 92.2 Å². The van der Waals surface area contributed by atoms with E-state index in [1.807, 2.05) is 18.3 Å². The van der Waals surface area contributed by atoms with Gasteiger partial charge in [0.15, 0.2) is 0 Å². The second-order valence-corrected chi connectivity index (χ2v) is 3.48. The number of alkyl halides is 1. The fourth-order valence-corrected chi connectivity index (χ4v) is 1.54. The van der Waals surface area contributed by atoms with Crippen molar-refractivity contribution in [2.24, 2.45) is 0 Å². The predicted molar refractivity (Wildman–Crippen MR) is 62.7 cm³/mol. The normalized spacial score (nSPS) is 11.5. The minimum atomic E-state index is 0.492. The number of nitrogens with two attached hydrogens (primary N) is 1. The van der Waals surface area contributed by atoms with Gasteiger partial charge < -0.3 is 10.7 Å². The van der Waals surface area contributed by atoms with Crippen LogP contribution in [-0.4, -0.2) is 20.8 Å². The second-order valence-electron chi connectivity index (χ2n) is 3.11. The predicted octanol–water partition coefficient (Wildman–Crippen LogP) is 2.18. The largest absolute Gasteiger partial charge is 0.383 e. The zero-order valence-electron chi connectivity index (χ0n) is 8.07. The summed E-state index contributed by atoms with van der Waals surface area (Å²) in [5.41, 5.74) is 7.53. The fraction of sp³-hybridized carbons (Fsp3) is 0.200. The number of halogens is 1. The van der Waals surface area contributed by atoms with Gasteiger partial charge in [-0.05, 0) is 6.42 Å². The Morgan fingerprint density at radius 2 is 2.33 bits per heavy atom. The highest BCUT2D eigenvalue weighted by molar-refractivity contribution is 6.17. The van der Waals surface area contributed by atoms with Crippen LogP contribution in [0.1, 0.15) is 12.0 Å².